The van der Waals surface area contributed by atoms with E-state index >= 15 is 0 Å². The molecule has 0 radical (unpaired) electrons. The number of hydrogen-bond acceptors (Lipinski definition) is 6. The van der Waals surface area contributed by atoms with E-state index in [2.05, 4.69) is 56.2 Å². The highest BCUT2D eigenvalue weighted by Gasteiger charge is 2.35. The number of nitrogens with zero attached hydrogens (tertiary/aromatic N) is 6. The molecule has 3 rings (SSSR count). The molecule has 33 heavy (non-hydrogen) atoms. The number of aromatic nitrogens is 2. The lowest BCUT2D eigenvalue weighted by Crippen LogP contribution is -2.60. The lowest BCUT2D eigenvalue weighted by atomic mass is 10.00. The minimum Gasteiger partial charge on any atom is -0.340 e. The molecule has 3 unspecified atom stereocenters. The summed E-state index contributed by atoms with van der Waals surface area (Å²) >= 11 is 0. The van der Waals surface area contributed by atoms with E-state index in [9.17, 15) is 4.79 Å². The molecule has 7 nitrogen and oxygen atoms in total. The third kappa shape index (κ3) is 6.66. The molecule has 2 fully saturated rings. The molecule has 3 atom stereocenters. The monoisotopic (exact) mass is 458 g/mol. The number of carbonyl (C=O) groups excluding carboxylic acids is 1. The molecule has 0 saturated carbocycles. The van der Waals surface area contributed by atoms with Crippen LogP contribution < -0.4 is 4.90 Å². The largest absolute Gasteiger partial charge is 0.340 e. The van der Waals surface area contributed by atoms with Crippen LogP contribution in [0.15, 0.2) is 12.4 Å². The fourth-order valence-corrected chi connectivity index (χ4v) is 5.14. The molecule has 7 heteroatoms. The first-order chi connectivity index (χ1) is 15.9. The quantitative estimate of drug-likeness (QED) is 0.563. The average molecular weight is 459 g/mol. The normalized spacial score (nSPS) is 23.8. The molecule has 0 N–H and O–H groups in total. The molecule has 0 spiro atoms. The molecular weight excluding hydrogens is 412 g/mol. The maximum absolute atomic E-state index is 12.3. The lowest BCUT2D eigenvalue weighted by Gasteiger charge is -2.48. The second-order valence-corrected chi connectivity index (χ2v) is 10.4. The Labute approximate surface area is 201 Å². The number of amides is 1. The molecule has 186 valence electrons. The first-order valence-corrected chi connectivity index (χ1v) is 13.2. The van der Waals surface area contributed by atoms with Gasteiger partial charge in [-0.15, -0.1) is 0 Å². The van der Waals surface area contributed by atoms with Crippen molar-refractivity contribution in [2.75, 3.05) is 44.2 Å². The Morgan fingerprint density at radius 3 is 2.03 bits per heavy atom. The third-order valence-electron chi connectivity index (χ3n) is 7.47. The molecule has 1 aromatic rings. The highest BCUT2D eigenvalue weighted by molar-refractivity contribution is 5.76. The molecule has 2 saturated heterocycles. The van der Waals surface area contributed by atoms with Crippen molar-refractivity contribution in [3.8, 4) is 0 Å². The van der Waals surface area contributed by atoms with Gasteiger partial charge in [0, 0.05) is 88.3 Å². The van der Waals surface area contributed by atoms with Gasteiger partial charge in [-0.05, 0) is 32.1 Å². The maximum atomic E-state index is 12.3. The summed E-state index contributed by atoms with van der Waals surface area (Å²) < 4.78 is 0. The van der Waals surface area contributed by atoms with Gasteiger partial charge in [0.25, 0.3) is 0 Å². The van der Waals surface area contributed by atoms with E-state index in [1.54, 1.807) is 0 Å². The molecule has 3 heterocycles. The van der Waals surface area contributed by atoms with Crippen LogP contribution in [0, 0.1) is 5.92 Å². The van der Waals surface area contributed by atoms with Gasteiger partial charge in [0.05, 0.1) is 0 Å². The van der Waals surface area contributed by atoms with E-state index in [0.717, 1.165) is 70.2 Å². The van der Waals surface area contributed by atoms with Crippen LogP contribution in [0.2, 0.25) is 0 Å². The zero-order chi connectivity index (χ0) is 24.0. The minimum atomic E-state index is 0.293. The minimum absolute atomic E-state index is 0.293. The molecular formula is C26H46N6O. The van der Waals surface area contributed by atoms with Crippen LogP contribution in [0.1, 0.15) is 72.8 Å². The highest BCUT2D eigenvalue weighted by Crippen LogP contribution is 2.26. The Morgan fingerprint density at radius 2 is 1.55 bits per heavy atom. The SMILES string of the molecule is CCC(C)N1CC(CC)N(c2ncc(CN3CCN(C(=O)CC(C)C)CC3)cn2)C(CC)C1. The van der Waals surface area contributed by atoms with Crippen LogP contribution in [-0.4, -0.2) is 88.0 Å². The number of carbonyl (C=O) groups is 1. The summed E-state index contributed by atoms with van der Waals surface area (Å²) in [4.78, 5) is 31.6. The Balaban J connectivity index is 1.59. The van der Waals surface area contributed by atoms with Crippen LogP contribution >= 0.6 is 0 Å². The number of hydrogen-bond donors (Lipinski definition) is 0. The van der Waals surface area contributed by atoms with Crippen molar-refractivity contribution in [1.29, 1.82) is 0 Å². The van der Waals surface area contributed by atoms with Gasteiger partial charge in [-0.25, -0.2) is 9.97 Å². The van der Waals surface area contributed by atoms with Gasteiger partial charge in [-0.1, -0.05) is 34.6 Å². The second kappa shape index (κ2) is 12.1. The first kappa shape index (κ1) is 25.9. The van der Waals surface area contributed by atoms with Gasteiger partial charge < -0.3 is 9.80 Å². The van der Waals surface area contributed by atoms with Crippen molar-refractivity contribution in [2.24, 2.45) is 5.92 Å². The fraction of sp³-hybridized carbons (Fsp3) is 0.808. The molecule has 0 bridgehead atoms. The van der Waals surface area contributed by atoms with Crippen molar-refractivity contribution in [2.45, 2.75) is 91.9 Å². The second-order valence-electron chi connectivity index (χ2n) is 10.4. The van der Waals surface area contributed by atoms with Crippen LogP contribution in [-0.2, 0) is 11.3 Å². The first-order valence-electron chi connectivity index (χ1n) is 13.2. The Morgan fingerprint density at radius 1 is 0.970 bits per heavy atom. The molecule has 0 aliphatic carbocycles. The predicted molar refractivity (Wildman–Crippen MR) is 135 cm³/mol. The van der Waals surface area contributed by atoms with E-state index in [4.69, 9.17) is 9.97 Å². The number of rotatable bonds is 9. The molecule has 2 aliphatic heterocycles. The predicted octanol–water partition coefficient (Wildman–Crippen LogP) is 3.64. The Kier molecular flexibility index (Phi) is 9.50. The highest BCUT2D eigenvalue weighted by atomic mass is 16.2. The van der Waals surface area contributed by atoms with Crippen molar-refractivity contribution >= 4 is 11.9 Å². The zero-order valence-electron chi connectivity index (χ0n) is 21.8. The van der Waals surface area contributed by atoms with Crippen LogP contribution in [0.5, 0.6) is 0 Å². The maximum Gasteiger partial charge on any atom is 0.225 e. The van der Waals surface area contributed by atoms with E-state index in [1.807, 2.05) is 17.3 Å². The molecule has 1 aromatic heterocycles. The van der Waals surface area contributed by atoms with Crippen molar-refractivity contribution in [1.82, 2.24) is 24.7 Å². The van der Waals surface area contributed by atoms with Gasteiger partial charge in [-0.2, -0.15) is 0 Å². The van der Waals surface area contributed by atoms with Gasteiger partial charge in [0.2, 0.25) is 11.9 Å². The average Bonchev–Trinajstić information content (AvgIpc) is 2.83. The summed E-state index contributed by atoms with van der Waals surface area (Å²) in [7, 11) is 0. The van der Waals surface area contributed by atoms with Gasteiger partial charge in [0.15, 0.2) is 0 Å². The standard InChI is InChI=1S/C26H46N6O/c1-7-21(6)31-18-23(8-2)32(24(9-3)19-31)26-27-15-22(16-28-26)17-29-10-12-30(13-11-29)25(33)14-20(4)5/h15-16,20-21,23-24H,7-14,17-19H2,1-6H3. The summed E-state index contributed by atoms with van der Waals surface area (Å²) in [5.74, 6) is 1.59. The van der Waals surface area contributed by atoms with Crippen molar-refractivity contribution in [3.05, 3.63) is 18.0 Å². The van der Waals surface area contributed by atoms with Gasteiger partial charge in [0.1, 0.15) is 0 Å². The van der Waals surface area contributed by atoms with Gasteiger partial charge in [-0.3, -0.25) is 14.6 Å². The van der Waals surface area contributed by atoms with Crippen molar-refractivity contribution in [3.63, 3.8) is 0 Å². The van der Waals surface area contributed by atoms with Crippen LogP contribution in [0.25, 0.3) is 0 Å². The Hall–Kier alpha value is -1.73. The third-order valence-corrected chi connectivity index (χ3v) is 7.47. The summed E-state index contributed by atoms with van der Waals surface area (Å²) in [5.41, 5.74) is 1.15. The number of piperazine rings is 2. The molecule has 1 amide bonds. The summed E-state index contributed by atoms with van der Waals surface area (Å²) in [6.07, 6.45) is 8.08. The lowest BCUT2D eigenvalue weighted by molar-refractivity contribution is -0.133. The van der Waals surface area contributed by atoms with E-state index in [0.29, 0.717) is 36.4 Å². The van der Waals surface area contributed by atoms with Crippen LogP contribution in [0.3, 0.4) is 0 Å². The smallest absolute Gasteiger partial charge is 0.225 e. The summed E-state index contributed by atoms with van der Waals surface area (Å²) in [6.45, 7) is 19.9. The van der Waals surface area contributed by atoms with E-state index < -0.39 is 0 Å². The van der Waals surface area contributed by atoms with Gasteiger partial charge >= 0.3 is 0 Å². The number of anilines is 1. The summed E-state index contributed by atoms with van der Waals surface area (Å²) in [5, 5.41) is 0. The fourth-order valence-electron chi connectivity index (χ4n) is 5.14. The molecule has 0 aromatic carbocycles. The summed E-state index contributed by atoms with van der Waals surface area (Å²) in [6, 6.07) is 1.54. The van der Waals surface area contributed by atoms with E-state index in [-0.39, 0.29) is 0 Å². The Bertz CT molecular complexity index is 717. The van der Waals surface area contributed by atoms with Crippen molar-refractivity contribution < 1.29 is 4.79 Å². The zero-order valence-corrected chi connectivity index (χ0v) is 21.8. The van der Waals surface area contributed by atoms with E-state index in [1.165, 1.54) is 6.42 Å². The molecule has 2 aliphatic rings. The van der Waals surface area contributed by atoms with Crippen LogP contribution in [0.4, 0.5) is 5.95 Å². The topological polar surface area (TPSA) is 55.8 Å².